The van der Waals surface area contributed by atoms with Crippen LogP contribution in [0.5, 0.6) is 0 Å². The van der Waals surface area contributed by atoms with Crippen LogP contribution in [0.4, 0.5) is 0 Å². The monoisotopic (exact) mass is 269 g/mol. The average Bonchev–Trinajstić information content (AvgIpc) is 2.89. The van der Waals surface area contributed by atoms with Gasteiger partial charge < -0.3 is 9.84 Å². The molecule has 0 aromatic carbocycles. The molecule has 0 spiro atoms. The SMILES string of the molecule is CC(C)N1CCOC(C(O)CCc2ccsc2)C1. The van der Waals surface area contributed by atoms with E-state index in [1.165, 1.54) is 5.56 Å². The molecule has 18 heavy (non-hydrogen) atoms. The van der Waals surface area contributed by atoms with Gasteiger partial charge in [0.1, 0.15) is 0 Å². The van der Waals surface area contributed by atoms with Crippen LogP contribution in [0, 0.1) is 0 Å². The Kier molecular flexibility index (Phi) is 5.18. The summed E-state index contributed by atoms with van der Waals surface area (Å²) >= 11 is 1.71. The van der Waals surface area contributed by atoms with E-state index in [0.717, 1.165) is 32.5 Å². The maximum atomic E-state index is 10.2. The van der Waals surface area contributed by atoms with Crippen LogP contribution in [0.1, 0.15) is 25.8 Å². The first kappa shape index (κ1) is 14.0. The van der Waals surface area contributed by atoms with Gasteiger partial charge in [0, 0.05) is 19.1 Å². The predicted molar refractivity (Wildman–Crippen MR) is 75.1 cm³/mol. The molecule has 0 amide bonds. The molecule has 0 aliphatic carbocycles. The molecular weight excluding hydrogens is 246 g/mol. The summed E-state index contributed by atoms with van der Waals surface area (Å²) < 4.78 is 5.70. The van der Waals surface area contributed by atoms with Crippen LogP contribution in [0.25, 0.3) is 0 Å². The molecule has 3 nitrogen and oxygen atoms in total. The second kappa shape index (κ2) is 6.66. The molecular formula is C14H23NO2S. The number of nitrogens with zero attached hydrogens (tertiary/aromatic N) is 1. The maximum Gasteiger partial charge on any atom is 0.0961 e. The normalized spacial score (nSPS) is 23.4. The Morgan fingerprint density at radius 1 is 1.56 bits per heavy atom. The Labute approximate surface area is 113 Å². The van der Waals surface area contributed by atoms with Gasteiger partial charge in [-0.25, -0.2) is 0 Å². The van der Waals surface area contributed by atoms with Crippen LogP contribution in [0.3, 0.4) is 0 Å². The van der Waals surface area contributed by atoms with Crippen LogP contribution in [0.2, 0.25) is 0 Å². The number of thiophene rings is 1. The van der Waals surface area contributed by atoms with E-state index < -0.39 is 0 Å². The molecule has 1 aromatic heterocycles. The summed E-state index contributed by atoms with van der Waals surface area (Å²) in [5, 5.41) is 14.5. The van der Waals surface area contributed by atoms with Crippen LogP contribution < -0.4 is 0 Å². The third-order valence-electron chi connectivity index (χ3n) is 3.59. The fourth-order valence-electron chi connectivity index (χ4n) is 2.33. The van der Waals surface area contributed by atoms with Gasteiger partial charge in [-0.05, 0) is 49.1 Å². The zero-order chi connectivity index (χ0) is 13.0. The standard InChI is InChI=1S/C14H23NO2S/c1-11(2)15-6-7-17-14(9-15)13(16)4-3-12-5-8-18-10-12/h5,8,10-11,13-14,16H,3-4,6-7,9H2,1-2H3. The van der Waals surface area contributed by atoms with Crippen LogP contribution in [-0.2, 0) is 11.2 Å². The van der Waals surface area contributed by atoms with Gasteiger partial charge in [-0.3, -0.25) is 4.90 Å². The van der Waals surface area contributed by atoms with E-state index in [0.29, 0.717) is 6.04 Å². The number of aliphatic hydroxyl groups excluding tert-OH is 1. The topological polar surface area (TPSA) is 32.7 Å². The maximum absolute atomic E-state index is 10.2. The van der Waals surface area contributed by atoms with Gasteiger partial charge in [0.05, 0.1) is 18.8 Å². The number of aryl methyl sites for hydroxylation is 1. The average molecular weight is 269 g/mol. The molecule has 1 aromatic rings. The Morgan fingerprint density at radius 2 is 2.39 bits per heavy atom. The summed E-state index contributed by atoms with van der Waals surface area (Å²) in [6, 6.07) is 2.65. The second-order valence-corrected chi connectivity index (χ2v) is 6.02. The highest BCUT2D eigenvalue weighted by Gasteiger charge is 2.27. The lowest BCUT2D eigenvalue weighted by atomic mass is 10.0. The number of hydrogen-bond acceptors (Lipinski definition) is 4. The summed E-state index contributed by atoms with van der Waals surface area (Å²) in [7, 11) is 0. The number of aliphatic hydroxyl groups is 1. The van der Waals surface area contributed by atoms with E-state index in [1.807, 2.05) is 0 Å². The minimum atomic E-state index is -0.355. The summed E-state index contributed by atoms with van der Waals surface area (Å²) in [5.41, 5.74) is 1.32. The van der Waals surface area contributed by atoms with E-state index in [1.54, 1.807) is 11.3 Å². The molecule has 1 aliphatic rings. The van der Waals surface area contributed by atoms with Crippen molar-refractivity contribution in [2.45, 2.75) is 44.9 Å². The van der Waals surface area contributed by atoms with Gasteiger partial charge in [0.2, 0.25) is 0 Å². The summed E-state index contributed by atoms with van der Waals surface area (Å²) in [5.74, 6) is 0. The minimum absolute atomic E-state index is 0.0280. The molecule has 1 aliphatic heterocycles. The Morgan fingerprint density at radius 3 is 3.06 bits per heavy atom. The lowest BCUT2D eigenvalue weighted by Crippen LogP contribution is -2.50. The molecule has 2 rings (SSSR count). The summed E-state index contributed by atoms with van der Waals surface area (Å²) in [4.78, 5) is 2.38. The first-order valence-corrected chi connectivity index (χ1v) is 7.66. The molecule has 4 heteroatoms. The van der Waals surface area contributed by atoms with Crippen molar-refractivity contribution in [1.29, 1.82) is 0 Å². The molecule has 1 saturated heterocycles. The molecule has 1 N–H and O–H groups in total. The van der Waals surface area contributed by atoms with Gasteiger partial charge in [-0.15, -0.1) is 0 Å². The largest absolute Gasteiger partial charge is 0.390 e. The summed E-state index contributed by atoms with van der Waals surface area (Å²) in [6.45, 7) is 6.95. The van der Waals surface area contributed by atoms with Crippen molar-refractivity contribution in [2.24, 2.45) is 0 Å². The first-order chi connectivity index (χ1) is 8.66. The number of morpholine rings is 1. The zero-order valence-electron chi connectivity index (χ0n) is 11.2. The Balaban J connectivity index is 1.79. The second-order valence-electron chi connectivity index (χ2n) is 5.24. The van der Waals surface area contributed by atoms with E-state index in [9.17, 15) is 5.11 Å². The van der Waals surface area contributed by atoms with Crippen LogP contribution in [0.15, 0.2) is 16.8 Å². The van der Waals surface area contributed by atoms with E-state index in [4.69, 9.17) is 4.74 Å². The lowest BCUT2D eigenvalue weighted by Gasteiger charge is -2.37. The molecule has 2 unspecified atom stereocenters. The molecule has 102 valence electrons. The first-order valence-electron chi connectivity index (χ1n) is 6.71. The predicted octanol–water partition coefficient (Wildman–Crippen LogP) is 2.15. The van der Waals surface area contributed by atoms with Gasteiger partial charge in [0.15, 0.2) is 0 Å². The fourth-order valence-corrected chi connectivity index (χ4v) is 3.04. The molecule has 0 radical (unpaired) electrons. The van der Waals surface area contributed by atoms with Gasteiger partial charge in [0.25, 0.3) is 0 Å². The Hall–Kier alpha value is -0.420. The smallest absolute Gasteiger partial charge is 0.0961 e. The molecule has 1 fully saturated rings. The van der Waals surface area contributed by atoms with Crippen molar-refractivity contribution in [2.75, 3.05) is 19.7 Å². The highest BCUT2D eigenvalue weighted by molar-refractivity contribution is 7.07. The molecule has 2 heterocycles. The van der Waals surface area contributed by atoms with Crippen LogP contribution >= 0.6 is 11.3 Å². The molecule has 2 atom stereocenters. The highest BCUT2D eigenvalue weighted by atomic mass is 32.1. The summed E-state index contributed by atoms with van der Waals surface area (Å²) in [6.07, 6.45) is 1.34. The number of rotatable bonds is 5. The fraction of sp³-hybridized carbons (Fsp3) is 0.714. The Bertz CT molecular complexity index is 340. The van der Waals surface area contributed by atoms with Gasteiger partial charge >= 0.3 is 0 Å². The van der Waals surface area contributed by atoms with E-state index in [2.05, 4.69) is 35.6 Å². The van der Waals surface area contributed by atoms with Crippen molar-refractivity contribution in [1.82, 2.24) is 4.90 Å². The number of hydrogen-bond donors (Lipinski definition) is 1. The van der Waals surface area contributed by atoms with Crippen molar-refractivity contribution in [3.63, 3.8) is 0 Å². The van der Waals surface area contributed by atoms with Crippen molar-refractivity contribution in [3.8, 4) is 0 Å². The third-order valence-corrected chi connectivity index (χ3v) is 4.33. The van der Waals surface area contributed by atoms with Gasteiger partial charge in [-0.2, -0.15) is 11.3 Å². The van der Waals surface area contributed by atoms with Gasteiger partial charge in [-0.1, -0.05) is 0 Å². The van der Waals surface area contributed by atoms with Crippen molar-refractivity contribution in [3.05, 3.63) is 22.4 Å². The van der Waals surface area contributed by atoms with E-state index >= 15 is 0 Å². The highest BCUT2D eigenvalue weighted by Crippen LogP contribution is 2.16. The van der Waals surface area contributed by atoms with Crippen molar-refractivity contribution < 1.29 is 9.84 Å². The number of ether oxygens (including phenoxy) is 1. The minimum Gasteiger partial charge on any atom is -0.390 e. The van der Waals surface area contributed by atoms with Crippen molar-refractivity contribution >= 4 is 11.3 Å². The zero-order valence-corrected chi connectivity index (χ0v) is 12.0. The quantitative estimate of drug-likeness (QED) is 0.889. The molecule has 0 bridgehead atoms. The lowest BCUT2D eigenvalue weighted by molar-refractivity contribution is -0.0962. The third kappa shape index (κ3) is 3.79. The molecule has 0 saturated carbocycles. The van der Waals surface area contributed by atoms with Crippen LogP contribution in [-0.4, -0.2) is 48.0 Å². The van der Waals surface area contributed by atoms with E-state index in [-0.39, 0.29) is 12.2 Å².